The molecule has 1 aliphatic heterocycles. The number of fused-ring (bicyclic) bond motifs is 1. The van der Waals surface area contributed by atoms with Gasteiger partial charge >= 0.3 is 5.97 Å². The molecule has 1 unspecified atom stereocenters. The molecule has 0 spiro atoms. The zero-order valence-electron chi connectivity index (χ0n) is 23.0. The molecule has 208 valence electrons. The molecule has 2 aromatic carbocycles. The first kappa shape index (κ1) is 26.2. The van der Waals surface area contributed by atoms with E-state index < -0.39 is 11.4 Å². The summed E-state index contributed by atoms with van der Waals surface area (Å²) in [4.78, 5) is 26.8. The van der Waals surface area contributed by atoms with Crippen molar-refractivity contribution in [2.24, 2.45) is 5.41 Å². The number of tetrazole rings is 1. The Morgan fingerprint density at radius 2 is 1.80 bits per heavy atom. The highest BCUT2D eigenvalue weighted by Crippen LogP contribution is 2.48. The molecule has 2 N–H and O–H groups in total. The lowest BCUT2D eigenvalue weighted by atomic mass is 9.67. The molecule has 9 nitrogen and oxygen atoms in total. The fourth-order valence-electron chi connectivity index (χ4n) is 7.06. The first-order valence-corrected chi connectivity index (χ1v) is 14.5. The molecular formula is C31H36N6O3. The summed E-state index contributed by atoms with van der Waals surface area (Å²) in [5.41, 5.74) is 5.06. The Kier molecular flexibility index (Phi) is 7.12. The van der Waals surface area contributed by atoms with Gasteiger partial charge in [0.2, 0.25) is 0 Å². The van der Waals surface area contributed by atoms with Crippen molar-refractivity contribution in [1.82, 2.24) is 30.0 Å². The van der Waals surface area contributed by atoms with E-state index in [9.17, 15) is 14.7 Å². The molecule has 3 heterocycles. The molecular weight excluding hydrogens is 504 g/mol. The number of benzene rings is 2. The van der Waals surface area contributed by atoms with Crippen molar-refractivity contribution in [1.29, 1.82) is 0 Å². The number of carboxylic acids is 1. The largest absolute Gasteiger partial charge is 0.481 e. The molecule has 40 heavy (non-hydrogen) atoms. The zero-order valence-corrected chi connectivity index (χ0v) is 23.0. The van der Waals surface area contributed by atoms with Crippen LogP contribution in [0.5, 0.6) is 0 Å². The standard InChI is InChI=1S/C31H36N6O3/c1-2-9-26-25(29(38)37-27(12-8-19-36(26)37)31(30(39)40)17-6-3-7-18-31)20-21-13-15-22(16-14-21)23-10-4-5-11-24(23)28-32-34-35-33-28/h4-5,10-11,13-16,27H,2-3,6-9,12,17-20H2,1H3,(H,39,40)(H,32,33,34,35). The van der Waals surface area contributed by atoms with E-state index in [1.54, 1.807) is 0 Å². The molecule has 1 fully saturated rings. The lowest BCUT2D eigenvalue weighted by Crippen LogP contribution is -2.47. The van der Waals surface area contributed by atoms with Crippen molar-refractivity contribution in [3.05, 3.63) is 75.7 Å². The minimum absolute atomic E-state index is 0.00779. The highest BCUT2D eigenvalue weighted by Gasteiger charge is 2.49. The van der Waals surface area contributed by atoms with Gasteiger partial charge in [0.15, 0.2) is 5.82 Å². The van der Waals surface area contributed by atoms with E-state index in [0.717, 1.165) is 85.0 Å². The number of carboxylic acid groups (broad SMARTS) is 1. The Labute approximate surface area is 233 Å². The Hall–Kier alpha value is -4.01. The number of aliphatic carboxylic acids is 1. The minimum atomic E-state index is -0.854. The number of aromatic amines is 1. The fourth-order valence-corrected chi connectivity index (χ4v) is 7.06. The molecule has 2 aliphatic rings. The van der Waals surface area contributed by atoms with E-state index in [-0.39, 0.29) is 11.6 Å². The molecule has 1 aliphatic carbocycles. The topological polar surface area (TPSA) is 119 Å². The Morgan fingerprint density at radius 3 is 2.48 bits per heavy atom. The first-order valence-electron chi connectivity index (χ1n) is 14.5. The summed E-state index contributed by atoms with van der Waals surface area (Å²) in [6.07, 6.45) is 8.10. The van der Waals surface area contributed by atoms with E-state index in [2.05, 4.69) is 56.5 Å². The second kappa shape index (κ2) is 10.9. The van der Waals surface area contributed by atoms with E-state index in [1.165, 1.54) is 0 Å². The third-order valence-corrected chi connectivity index (χ3v) is 9.00. The van der Waals surface area contributed by atoms with Gasteiger partial charge in [-0.1, -0.05) is 81.1 Å². The Balaban J connectivity index is 1.36. The molecule has 4 aromatic rings. The van der Waals surface area contributed by atoms with Crippen molar-refractivity contribution < 1.29 is 9.90 Å². The average molecular weight is 541 g/mol. The second-order valence-corrected chi connectivity index (χ2v) is 11.3. The number of hydrogen-bond donors (Lipinski definition) is 2. The van der Waals surface area contributed by atoms with E-state index in [1.807, 2.05) is 28.9 Å². The number of H-pyrrole nitrogens is 1. The van der Waals surface area contributed by atoms with Gasteiger partial charge in [-0.25, -0.2) is 9.78 Å². The summed E-state index contributed by atoms with van der Waals surface area (Å²) in [5.74, 6) is -0.128. The Bertz CT molecular complexity index is 1540. The number of aromatic nitrogens is 6. The molecule has 1 atom stereocenters. The van der Waals surface area contributed by atoms with Gasteiger partial charge in [-0.15, -0.1) is 5.10 Å². The van der Waals surface area contributed by atoms with Crippen LogP contribution in [0.2, 0.25) is 0 Å². The zero-order chi connectivity index (χ0) is 27.7. The molecule has 0 amide bonds. The van der Waals surface area contributed by atoms with Crippen LogP contribution in [0.3, 0.4) is 0 Å². The second-order valence-electron chi connectivity index (χ2n) is 11.3. The fraction of sp³-hybridized carbons (Fsp3) is 0.452. The molecule has 0 saturated heterocycles. The predicted molar refractivity (Wildman–Crippen MR) is 152 cm³/mol. The van der Waals surface area contributed by atoms with Crippen LogP contribution in [0.25, 0.3) is 22.5 Å². The van der Waals surface area contributed by atoms with Crippen LogP contribution >= 0.6 is 0 Å². The maximum Gasteiger partial charge on any atom is 0.311 e. The van der Waals surface area contributed by atoms with Crippen LogP contribution in [-0.4, -0.2) is 41.1 Å². The van der Waals surface area contributed by atoms with Crippen LogP contribution in [0, 0.1) is 5.41 Å². The summed E-state index contributed by atoms with van der Waals surface area (Å²) >= 11 is 0. The molecule has 2 aromatic heterocycles. The molecule has 9 heteroatoms. The number of nitrogens with one attached hydrogen (secondary N) is 1. The summed E-state index contributed by atoms with van der Waals surface area (Å²) in [7, 11) is 0. The SMILES string of the molecule is CCCc1c(Cc2ccc(-c3ccccc3-c3nnn[nH]3)cc2)c(=O)n2n1CCCC2C1(C(=O)O)CCCCC1. The number of hydrogen-bond acceptors (Lipinski definition) is 5. The summed E-state index contributed by atoms with van der Waals surface area (Å²) < 4.78 is 4.00. The van der Waals surface area contributed by atoms with Crippen molar-refractivity contribution in [3.63, 3.8) is 0 Å². The third kappa shape index (κ3) is 4.47. The lowest BCUT2D eigenvalue weighted by molar-refractivity contribution is -0.156. The van der Waals surface area contributed by atoms with Crippen LogP contribution in [0.4, 0.5) is 0 Å². The van der Waals surface area contributed by atoms with Crippen molar-refractivity contribution in [3.8, 4) is 22.5 Å². The van der Waals surface area contributed by atoms with Crippen LogP contribution < -0.4 is 5.56 Å². The maximum atomic E-state index is 14.1. The van der Waals surface area contributed by atoms with Gasteiger partial charge in [0, 0.05) is 29.8 Å². The predicted octanol–water partition coefficient (Wildman–Crippen LogP) is 5.41. The number of carbonyl (C=O) groups is 1. The van der Waals surface area contributed by atoms with Gasteiger partial charge in [0.25, 0.3) is 5.56 Å². The van der Waals surface area contributed by atoms with Gasteiger partial charge in [-0.2, -0.15) is 0 Å². The highest BCUT2D eigenvalue weighted by molar-refractivity contribution is 5.80. The third-order valence-electron chi connectivity index (χ3n) is 9.00. The first-order chi connectivity index (χ1) is 19.5. The lowest BCUT2D eigenvalue weighted by Gasteiger charge is -2.43. The maximum absolute atomic E-state index is 14.1. The average Bonchev–Trinajstić information content (AvgIpc) is 3.62. The van der Waals surface area contributed by atoms with Gasteiger partial charge in [-0.05, 0) is 59.2 Å². The van der Waals surface area contributed by atoms with Crippen LogP contribution in [0.1, 0.15) is 81.2 Å². The van der Waals surface area contributed by atoms with Gasteiger partial charge in [-0.3, -0.25) is 14.3 Å². The van der Waals surface area contributed by atoms with Crippen molar-refractivity contribution in [2.45, 2.75) is 83.7 Å². The smallest absolute Gasteiger partial charge is 0.311 e. The van der Waals surface area contributed by atoms with Crippen molar-refractivity contribution in [2.75, 3.05) is 0 Å². The normalized spacial score (nSPS) is 18.4. The highest BCUT2D eigenvalue weighted by atomic mass is 16.4. The molecule has 0 radical (unpaired) electrons. The van der Waals surface area contributed by atoms with E-state index in [0.29, 0.717) is 25.1 Å². The molecule has 6 rings (SSSR count). The molecule has 1 saturated carbocycles. The molecule has 0 bridgehead atoms. The Morgan fingerprint density at radius 1 is 1.05 bits per heavy atom. The van der Waals surface area contributed by atoms with E-state index in [4.69, 9.17) is 0 Å². The summed E-state index contributed by atoms with van der Waals surface area (Å²) in [6.45, 7) is 2.90. The minimum Gasteiger partial charge on any atom is -0.481 e. The quantitative estimate of drug-likeness (QED) is 0.308. The summed E-state index contributed by atoms with van der Waals surface area (Å²) in [5, 5.41) is 24.8. The van der Waals surface area contributed by atoms with E-state index >= 15 is 0 Å². The van der Waals surface area contributed by atoms with Gasteiger partial charge in [0.05, 0.1) is 11.5 Å². The van der Waals surface area contributed by atoms with Crippen LogP contribution in [-0.2, 0) is 24.2 Å². The summed E-state index contributed by atoms with van der Waals surface area (Å²) in [6, 6.07) is 16.0. The van der Waals surface area contributed by atoms with Crippen LogP contribution in [0.15, 0.2) is 53.3 Å². The van der Waals surface area contributed by atoms with Crippen molar-refractivity contribution >= 4 is 5.97 Å². The number of rotatable bonds is 8. The van der Waals surface area contributed by atoms with Gasteiger partial charge in [0.1, 0.15) is 0 Å². The monoisotopic (exact) mass is 540 g/mol. The number of nitrogens with zero attached hydrogens (tertiary/aromatic N) is 5. The van der Waals surface area contributed by atoms with Gasteiger partial charge < -0.3 is 5.11 Å².